The second kappa shape index (κ2) is 6.41. The molecule has 5 nitrogen and oxygen atoms in total. The minimum Gasteiger partial charge on any atom is -0.396 e. The fourth-order valence-electron chi connectivity index (χ4n) is 2.63. The molecule has 2 aromatic rings. The lowest BCUT2D eigenvalue weighted by Crippen LogP contribution is -2.46. The Labute approximate surface area is 132 Å². The smallest absolute Gasteiger partial charge is 0.0738 e. The van der Waals surface area contributed by atoms with Crippen LogP contribution in [0.25, 0.3) is 0 Å². The molecule has 21 heavy (non-hydrogen) atoms. The Kier molecular flexibility index (Phi) is 4.36. The summed E-state index contributed by atoms with van der Waals surface area (Å²) >= 11 is 3.47. The molecule has 6 heteroatoms. The molecule has 0 radical (unpaired) electrons. The fraction of sp³-hybridized carbons (Fsp3) is 0.333. The summed E-state index contributed by atoms with van der Waals surface area (Å²) in [6, 6.07) is 4.11. The minimum absolute atomic E-state index is 0.752. The average molecular weight is 348 g/mol. The first-order chi connectivity index (χ1) is 10.2. The maximum atomic E-state index is 6.00. The van der Waals surface area contributed by atoms with Gasteiger partial charge in [-0.1, -0.05) is 0 Å². The summed E-state index contributed by atoms with van der Waals surface area (Å²) in [6.07, 6.45) is 7.26. The van der Waals surface area contributed by atoms with Crippen LogP contribution in [0.2, 0.25) is 0 Å². The third-order valence-corrected chi connectivity index (χ3v) is 4.14. The number of anilines is 2. The Morgan fingerprint density at radius 3 is 2.62 bits per heavy atom. The highest BCUT2D eigenvalue weighted by atomic mass is 79.9. The van der Waals surface area contributed by atoms with E-state index >= 15 is 0 Å². The first-order valence-corrected chi connectivity index (χ1v) is 7.78. The number of hydrogen-bond acceptors (Lipinski definition) is 5. The molecular weight excluding hydrogens is 330 g/mol. The van der Waals surface area contributed by atoms with Gasteiger partial charge >= 0.3 is 0 Å². The molecule has 0 aliphatic carbocycles. The predicted octanol–water partition coefficient (Wildman–Crippen LogP) is 2.14. The van der Waals surface area contributed by atoms with Crippen LogP contribution in [0.4, 0.5) is 11.4 Å². The van der Waals surface area contributed by atoms with E-state index in [-0.39, 0.29) is 0 Å². The summed E-state index contributed by atoms with van der Waals surface area (Å²) in [7, 11) is 0. The van der Waals surface area contributed by atoms with E-state index in [2.05, 4.69) is 41.8 Å². The topological polar surface area (TPSA) is 58.3 Å². The van der Waals surface area contributed by atoms with Crippen molar-refractivity contribution >= 4 is 27.3 Å². The van der Waals surface area contributed by atoms with Crippen molar-refractivity contribution in [1.29, 1.82) is 0 Å². The molecule has 1 saturated heterocycles. The molecular formula is C15H18BrN5. The van der Waals surface area contributed by atoms with Crippen LogP contribution in [0.3, 0.4) is 0 Å². The molecule has 0 spiro atoms. The lowest BCUT2D eigenvalue weighted by molar-refractivity contribution is 0.249. The van der Waals surface area contributed by atoms with E-state index in [4.69, 9.17) is 5.73 Å². The van der Waals surface area contributed by atoms with Crippen LogP contribution in [-0.2, 0) is 6.54 Å². The van der Waals surface area contributed by atoms with Crippen LogP contribution in [0.15, 0.2) is 41.4 Å². The number of rotatable bonds is 3. The molecule has 0 bridgehead atoms. The average Bonchev–Trinajstić information content (AvgIpc) is 2.49. The molecule has 1 fully saturated rings. The molecule has 0 amide bonds. The number of aromatic nitrogens is 2. The van der Waals surface area contributed by atoms with Crippen LogP contribution >= 0.6 is 15.9 Å². The van der Waals surface area contributed by atoms with Crippen molar-refractivity contribution in [1.82, 2.24) is 14.9 Å². The Hall–Kier alpha value is -1.66. The first kappa shape index (κ1) is 14.3. The summed E-state index contributed by atoms with van der Waals surface area (Å²) in [5.74, 6) is 0. The van der Waals surface area contributed by atoms with Crippen molar-refractivity contribution in [2.75, 3.05) is 36.8 Å². The van der Waals surface area contributed by atoms with E-state index in [1.807, 2.05) is 18.5 Å². The highest BCUT2D eigenvalue weighted by Crippen LogP contribution is 2.23. The van der Waals surface area contributed by atoms with Gasteiger partial charge < -0.3 is 10.6 Å². The van der Waals surface area contributed by atoms with Crippen molar-refractivity contribution < 1.29 is 0 Å². The maximum Gasteiger partial charge on any atom is 0.0738 e. The molecule has 3 heterocycles. The zero-order valence-electron chi connectivity index (χ0n) is 11.7. The molecule has 110 valence electrons. The summed E-state index contributed by atoms with van der Waals surface area (Å²) < 4.78 is 1.03. The van der Waals surface area contributed by atoms with E-state index in [1.165, 1.54) is 5.56 Å². The molecule has 0 unspecified atom stereocenters. The second-order valence-corrected chi connectivity index (χ2v) is 6.12. The maximum absolute atomic E-state index is 6.00. The van der Waals surface area contributed by atoms with Crippen LogP contribution < -0.4 is 10.6 Å². The van der Waals surface area contributed by atoms with Gasteiger partial charge in [0.2, 0.25) is 0 Å². The second-order valence-electron chi connectivity index (χ2n) is 5.21. The Balaban J connectivity index is 1.59. The summed E-state index contributed by atoms with van der Waals surface area (Å²) in [4.78, 5) is 13.0. The SMILES string of the molecule is Nc1cnccc1N1CCN(Cc2cncc(Br)c2)CC1. The third kappa shape index (κ3) is 3.51. The van der Waals surface area contributed by atoms with Crippen LogP contribution in [-0.4, -0.2) is 41.0 Å². The fourth-order valence-corrected chi connectivity index (χ4v) is 3.05. The predicted molar refractivity (Wildman–Crippen MR) is 88.1 cm³/mol. The normalized spacial score (nSPS) is 16.1. The number of nitrogen functional groups attached to an aromatic ring is 1. The number of pyridine rings is 2. The number of piperazine rings is 1. The van der Waals surface area contributed by atoms with Gasteiger partial charge in [0.1, 0.15) is 0 Å². The minimum atomic E-state index is 0.752. The zero-order valence-corrected chi connectivity index (χ0v) is 13.3. The molecule has 1 aliphatic heterocycles. The number of nitrogens with zero attached hydrogens (tertiary/aromatic N) is 4. The van der Waals surface area contributed by atoms with Crippen LogP contribution in [0.1, 0.15) is 5.56 Å². The lowest BCUT2D eigenvalue weighted by Gasteiger charge is -2.36. The van der Waals surface area contributed by atoms with E-state index in [0.29, 0.717) is 0 Å². The molecule has 3 rings (SSSR count). The largest absolute Gasteiger partial charge is 0.396 e. The third-order valence-electron chi connectivity index (χ3n) is 3.71. The van der Waals surface area contributed by atoms with E-state index in [0.717, 1.165) is 48.6 Å². The van der Waals surface area contributed by atoms with Gasteiger partial charge in [-0.05, 0) is 33.6 Å². The van der Waals surface area contributed by atoms with Gasteiger partial charge in [-0.25, -0.2) is 0 Å². The zero-order chi connectivity index (χ0) is 14.7. The Morgan fingerprint density at radius 2 is 1.90 bits per heavy atom. The number of nitrogens with two attached hydrogens (primary N) is 1. The van der Waals surface area contributed by atoms with Crippen LogP contribution in [0.5, 0.6) is 0 Å². The van der Waals surface area contributed by atoms with E-state index in [1.54, 1.807) is 12.4 Å². The number of hydrogen-bond donors (Lipinski definition) is 1. The van der Waals surface area contributed by atoms with Crippen molar-refractivity contribution in [3.63, 3.8) is 0 Å². The quantitative estimate of drug-likeness (QED) is 0.921. The van der Waals surface area contributed by atoms with Crippen molar-refractivity contribution in [3.8, 4) is 0 Å². The first-order valence-electron chi connectivity index (χ1n) is 6.98. The van der Waals surface area contributed by atoms with Gasteiger partial charge in [0.15, 0.2) is 0 Å². The molecule has 2 N–H and O–H groups in total. The monoisotopic (exact) mass is 347 g/mol. The molecule has 2 aromatic heterocycles. The van der Waals surface area contributed by atoms with Crippen molar-refractivity contribution in [3.05, 3.63) is 47.0 Å². The summed E-state index contributed by atoms with van der Waals surface area (Å²) in [5, 5.41) is 0. The molecule has 0 aromatic carbocycles. The Bertz CT molecular complexity index is 611. The molecule has 0 saturated carbocycles. The summed E-state index contributed by atoms with van der Waals surface area (Å²) in [5.41, 5.74) is 9.08. The van der Waals surface area contributed by atoms with Gasteiger partial charge in [0.05, 0.1) is 17.6 Å². The molecule has 0 atom stereocenters. The van der Waals surface area contributed by atoms with Gasteiger partial charge in [-0.3, -0.25) is 14.9 Å². The van der Waals surface area contributed by atoms with Gasteiger partial charge in [-0.2, -0.15) is 0 Å². The summed E-state index contributed by atoms with van der Waals surface area (Å²) in [6.45, 7) is 4.94. The van der Waals surface area contributed by atoms with Gasteiger partial charge in [0, 0.05) is 55.8 Å². The van der Waals surface area contributed by atoms with Crippen molar-refractivity contribution in [2.45, 2.75) is 6.54 Å². The van der Waals surface area contributed by atoms with Crippen LogP contribution in [0, 0.1) is 0 Å². The highest BCUT2D eigenvalue weighted by molar-refractivity contribution is 9.10. The van der Waals surface area contributed by atoms with Gasteiger partial charge in [0.25, 0.3) is 0 Å². The van der Waals surface area contributed by atoms with Crippen molar-refractivity contribution in [2.24, 2.45) is 0 Å². The van der Waals surface area contributed by atoms with E-state index in [9.17, 15) is 0 Å². The standard InChI is InChI=1S/C15H18BrN5/c16-13-7-12(8-19-9-13)11-20-3-5-21(6-4-20)15-1-2-18-10-14(15)17/h1-2,7-10H,3-6,11,17H2. The highest BCUT2D eigenvalue weighted by Gasteiger charge is 2.18. The lowest BCUT2D eigenvalue weighted by atomic mass is 10.2. The van der Waals surface area contributed by atoms with Gasteiger partial charge in [-0.15, -0.1) is 0 Å². The number of halogens is 1. The van der Waals surface area contributed by atoms with E-state index < -0.39 is 0 Å². The molecule has 1 aliphatic rings. The Morgan fingerprint density at radius 1 is 1.10 bits per heavy atom.